The molecule has 0 amide bonds. The minimum Gasteiger partial charge on any atom is -0.382 e. The van der Waals surface area contributed by atoms with E-state index in [4.69, 9.17) is 5.73 Å². The second-order valence-corrected chi connectivity index (χ2v) is 3.78. The maximum atomic E-state index is 5.60. The second kappa shape index (κ2) is 4.75. The lowest BCUT2D eigenvalue weighted by molar-refractivity contribution is 0.922. The number of nitrogens with two attached hydrogens (primary N) is 1. The summed E-state index contributed by atoms with van der Waals surface area (Å²) in [6, 6.07) is 8.39. The summed E-state index contributed by atoms with van der Waals surface area (Å²) in [5, 5.41) is 0. The predicted octanol–water partition coefficient (Wildman–Crippen LogP) is 2.68. The molecule has 0 saturated carbocycles. The first-order valence-corrected chi connectivity index (χ1v) is 5.46. The van der Waals surface area contributed by atoms with Gasteiger partial charge in [0, 0.05) is 5.56 Å². The van der Waals surface area contributed by atoms with Crippen molar-refractivity contribution in [1.82, 2.24) is 9.97 Å². The van der Waals surface area contributed by atoms with Crippen molar-refractivity contribution in [3.63, 3.8) is 0 Å². The van der Waals surface area contributed by atoms with Crippen LogP contribution in [0.1, 0.15) is 18.9 Å². The highest BCUT2D eigenvalue weighted by Crippen LogP contribution is 2.17. The number of aryl methyl sites for hydroxylation is 1. The normalized spacial score (nSPS) is 10.3. The van der Waals surface area contributed by atoms with Crippen LogP contribution in [0.3, 0.4) is 0 Å². The van der Waals surface area contributed by atoms with Gasteiger partial charge in [0.15, 0.2) is 0 Å². The molecule has 1 aromatic heterocycles. The monoisotopic (exact) mass is 213 g/mol. The first-order valence-electron chi connectivity index (χ1n) is 5.46. The molecule has 3 heteroatoms. The maximum Gasteiger partial charge on any atom is 0.142 e. The van der Waals surface area contributed by atoms with Gasteiger partial charge < -0.3 is 5.73 Å². The molecular formula is C13H15N3. The van der Waals surface area contributed by atoms with Gasteiger partial charge in [-0.05, 0) is 12.0 Å². The van der Waals surface area contributed by atoms with Crippen LogP contribution < -0.4 is 5.73 Å². The third-order valence-corrected chi connectivity index (χ3v) is 2.44. The molecule has 0 aliphatic carbocycles. The summed E-state index contributed by atoms with van der Waals surface area (Å²) < 4.78 is 0. The van der Waals surface area contributed by atoms with Crippen molar-refractivity contribution in [2.45, 2.75) is 19.8 Å². The average molecular weight is 213 g/mol. The average Bonchev–Trinajstić information content (AvgIpc) is 2.30. The molecule has 16 heavy (non-hydrogen) atoms. The highest BCUT2D eigenvalue weighted by molar-refractivity contribution is 5.59. The molecule has 0 spiro atoms. The lowest BCUT2D eigenvalue weighted by atomic mass is 10.1. The van der Waals surface area contributed by atoms with Crippen molar-refractivity contribution in [2.75, 3.05) is 5.73 Å². The van der Waals surface area contributed by atoms with E-state index in [1.165, 1.54) is 5.56 Å². The van der Waals surface area contributed by atoms with Crippen LogP contribution in [0.2, 0.25) is 0 Å². The molecule has 3 nitrogen and oxygen atoms in total. The third-order valence-electron chi connectivity index (χ3n) is 2.44. The fourth-order valence-electron chi connectivity index (χ4n) is 1.65. The van der Waals surface area contributed by atoms with E-state index >= 15 is 0 Å². The van der Waals surface area contributed by atoms with Crippen LogP contribution in [0, 0.1) is 0 Å². The quantitative estimate of drug-likeness (QED) is 0.852. The van der Waals surface area contributed by atoms with Gasteiger partial charge in [0.1, 0.15) is 5.82 Å². The number of nitrogens with zero attached hydrogens (tertiary/aromatic N) is 2. The van der Waals surface area contributed by atoms with Crippen LogP contribution in [0.4, 0.5) is 5.82 Å². The van der Waals surface area contributed by atoms with Crippen molar-refractivity contribution in [3.8, 4) is 11.3 Å². The molecule has 0 aliphatic heterocycles. The summed E-state index contributed by atoms with van der Waals surface area (Å²) in [5.41, 5.74) is 8.83. The van der Waals surface area contributed by atoms with Crippen LogP contribution in [0.5, 0.6) is 0 Å². The van der Waals surface area contributed by atoms with E-state index in [0.29, 0.717) is 5.82 Å². The minimum absolute atomic E-state index is 0.454. The molecule has 1 heterocycles. The predicted molar refractivity (Wildman–Crippen MR) is 65.9 cm³/mol. The van der Waals surface area contributed by atoms with Crippen LogP contribution in [0.15, 0.2) is 36.7 Å². The Bertz CT molecular complexity index is 463. The van der Waals surface area contributed by atoms with Gasteiger partial charge in [0.2, 0.25) is 0 Å². The van der Waals surface area contributed by atoms with Crippen LogP contribution in [0.25, 0.3) is 11.3 Å². The van der Waals surface area contributed by atoms with Crippen molar-refractivity contribution in [2.24, 2.45) is 0 Å². The molecular weight excluding hydrogens is 198 g/mol. The van der Waals surface area contributed by atoms with E-state index in [1.807, 2.05) is 0 Å². The van der Waals surface area contributed by atoms with E-state index in [1.54, 1.807) is 12.4 Å². The second-order valence-electron chi connectivity index (χ2n) is 3.78. The first-order chi connectivity index (χ1) is 7.79. The zero-order chi connectivity index (χ0) is 11.4. The van der Waals surface area contributed by atoms with E-state index < -0.39 is 0 Å². The number of rotatable bonds is 3. The minimum atomic E-state index is 0.454. The molecule has 0 atom stereocenters. The number of hydrogen-bond donors (Lipinski definition) is 1. The zero-order valence-corrected chi connectivity index (χ0v) is 9.35. The lowest BCUT2D eigenvalue weighted by Gasteiger charge is -2.03. The van der Waals surface area contributed by atoms with Crippen LogP contribution in [-0.4, -0.2) is 9.97 Å². The standard InChI is InChI=1S/C13H15N3/c1-2-3-10-4-6-11(7-5-10)12-8-15-9-13(14)16-12/h4-9H,2-3H2,1H3,(H2,14,16). The van der Waals surface area contributed by atoms with E-state index in [2.05, 4.69) is 41.2 Å². The Kier molecular flexibility index (Phi) is 3.15. The number of aromatic nitrogens is 2. The maximum absolute atomic E-state index is 5.60. The molecule has 0 aliphatic rings. The van der Waals surface area contributed by atoms with Gasteiger partial charge >= 0.3 is 0 Å². The zero-order valence-electron chi connectivity index (χ0n) is 9.35. The Hall–Kier alpha value is -1.90. The van der Waals surface area contributed by atoms with E-state index in [9.17, 15) is 0 Å². The van der Waals surface area contributed by atoms with Crippen molar-refractivity contribution < 1.29 is 0 Å². The van der Waals surface area contributed by atoms with Gasteiger partial charge in [-0.2, -0.15) is 0 Å². The number of nitrogen functional groups attached to an aromatic ring is 1. The van der Waals surface area contributed by atoms with Crippen LogP contribution in [-0.2, 0) is 6.42 Å². The van der Waals surface area contributed by atoms with Gasteiger partial charge in [-0.3, -0.25) is 4.98 Å². The third kappa shape index (κ3) is 2.37. The van der Waals surface area contributed by atoms with Crippen molar-refractivity contribution >= 4 is 5.82 Å². The van der Waals surface area contributed by atoms with Gasteiger partial charge in [-0.15, -0.1) is 0 Å². The summed E-state index contributed by atoms with van der Waals surface area (Å²) in [4.78, 5) is 8.27. The SMILES string of the molecule is CCCc1ccc(-c2cncc(N)n2)cc1. The fourth-order valence-corrected chi connectivity index (χ4v) is 1.65. The highest BCUT2D eigenvalue weighted by atomic mass is 14.9. The summed E-state index contributed by atoms with van der Waals surface area (Å²) in [5.74, 6) is 0.454. The Morgan fingerprint density at radius 2 is 1.88 bits per heavy atom. The largest absolute Gasteiger partial charge is 0.382 e. The van der Waals surface area contributed by atoms with Crippen molar-refractivity contribution in [1.29, 1.82) is 0 Å². The Labute approximate surface area is 95.4 Å². The molecule has 0 fully saturated rings. The van der Waals surface area contributed by atoms with E-state index in [0.717, 1.165) is 24.1 Å². The number of anilines is 1. The van der Waals surface area contributed by atoms with E-state index in [-0.39, 0.29) is 0 Å². The molecule has 82 valence electrons. The lowest BCUT2D eigenvalue weighted by Crippen LogP contribution is -1.93. The highest BCUT2D eigenvalue weighted by Gasteiger charge is 2.00. The van der Waals surface area contributed by atoms with Gasteiger partial charge in [-0.25, -0.2) is 4.98 Å². The molecule has 0 saturated heterocycles. The first kappa shape index (κ1) is 10.6. The Morgan fingerprint density at radius 1 is 1.12 bits per heavy atom. The Balaban J connectivity index is 2.27. The summed E-state index contributed by atoms with van der Waals surface area (Å²) in [7, 11) is 0. The molecule has 0 bridgehead atoms. The van der Waals surface area contributed by atoms with Crippen LogP contribution >= 0.6 is 0 Å². The molecule has 2 rings (SSSR count). The molecule has 0 radical (unpaired) electrons. The number of benzene rings is 1. The molecule has 0 unspecified atom stereocenters. The smallest absolute Gasteiger partial charge is 0.142 e. The molecule has 1 aromatic carbocycles. The summed E-state index contributed by atoms with van der Waals surface area (Å²) in [6.07, 6.45) is 5.56. The summed E-state index contributed by atoms with van der Waals surface area (Å²) in [6.45, 7) is 2.18. The fraction of sp³-hybridized carbons (Fsp3) is 0.231. The molecule has 2 N–H and O–H groups in total. The van der Waals surface area contributed by atoms with Gasteiger partial charge in [-0.1, -0.05) is 37.6 Å². The van der Waals surface area contributed by atoms with Gasteiger partial charge in [0.25, 0.3) is 0 Å². The summed E-state index contributed by atoms with van der Waals surface area (Å²) >= 11 is 0. The molecule has 2 aromatic rings. The van der Waals surface area contributed by atoms with Crippen molar-refractivity contribution in [3.05, 3.63) is 42.2 Å². The number of hydrogen-bond acceptors (Lipinski definition) is 3. The topological polar surface area (TPSA) is 51.8 Å². The Morgan fingerprint density at radius 3 is 2.50 bits per heavy atom. The van der Waals surface area contributed by atoms with Gasteiger partial charge in [0.05, 0.1) is 18.1 Å².